The number of hydrogen-bond donors (Lipinski definition) is 1. The number of alkyl halides is 3. The van der Waals surface area contributed by atoms with Gasteiger partial charge in [-0.3, -0.25) is 4.90 Å². The summed E-state index contributed by atoms with van der Waals surface area (Å²) < 4.78 is 37.0. The molecule has 1 saturated heterocycles. The van der Waals surface area contributed by atoms with Crippen LogP contribution in [0.4, 0.5) is 13.2 Å². The third-order valence-corrected chi connectivity index (χ3v) is 3.00. The second kappa shape index (κ2) is 7.33. The van der Waals surface area contributed by atoms with Crippen molar-refractivity contribution >= 4 is 24.8 Å². The summed E-state index contributed by atoms with van der Waals surface area (Å²) in [7, 11) is 0. The molecule has 2 N–H and O–H groups in total. The summed E-state index contributed by atoms with van der Waals surface area (Å²) in [5.74, 6) is 0. The highest BCUT2D eigenvalue weighted by Crippen LogP contribution is 2.29. The zero-order valence-electron chi connectivity index (χ0n) is 10.2. The van der Waals surface area contributed by atoms with E-state index in [9.17, 15) is 13.2 Å². The summed E-state index contributed by atoms with van der Waals surface area (Å²) in [5, 5.41) is 0. The maximum atomic E-state index is 12.3. The zero-order chi connectivity index (χ0) is 12.5. The molecule has 2 nitrogen and oxygen atoms in total. The van der Waals surface area contributed by atoms with Crippen LogP contribution in [0.1, 0.15) is 17.5 Å². The summed E-state index contributed by atoms with van der Waals surface area (Å²) in [4.78, 5) is 2.16. The van der Waals surface area contributed by atoms with E-state index >= 15 is 0 Å². The molecule has 0 bridgehead atoms. The van der Waals surface area contributed by atoms with E-state index in [1.807, 2.05) is 0 Å². The predicted molar refractivity (Wildman–Crippen MR) is 73.8 cm³/mol. The third kappa shape index (κ3) is 5.18. The number of nitrogens with two attached hydrogens (primary N) is 1. The number of halogens is 5. The second-order valence-electron chi connectivity index (χ2n) is 4.48. The lowest BCUT2D eigenvalue weighted by Crippen LogP contribution is -2.26. The minimum Gasteiger partial charge on any atom is -0.326 e. The summed E-state index contributed by atoms with van der Waals surface area (Å²) in [6.07, 6.45) is -3.30. The SMILES string of the molecule is Cl.Cl.NC1CCN(Cc2ccc(C(F)(F)F)cc2)C1. The van der Waals surface area contributed by atoms with Crippen molar-refractivity contribution in [2.45, 2.75) is 25.2 Å². The van der Waals surface area contributed by atoms with Crippen LogP contribution >= 0.6 is 24.8 Å². The quantitative estimate of drug-likeness (QED) is 0.908. The molecule has 1 aromatic rings. The first kappa shape index (κ1) is 18.5. The molecule has 1 aliphatic heterocycles. The fourth-order valence-electron chi connectivity index (χ4n) is 2.06. The monoisotopic (exact) mass is 316 g/mol. The Bertz CT molecular complexity index is 382. The molecule has 1 aromatic carbocycles. The minimum atomic E-state index is -4.26. The van der Waals surface area contributed by atoms with Gasteiger partial charge in [0.15, 0.2) is 0 Å². The highest BCUT2D eigenvalue weighted by Gasteiger charge is 2.30. The Kier molecular flexibility index (Phi) is 7.15. The van der Waals surface area contributed by atoms with E-state index in [1.165, 1.54) is 12.1 Å². The van der Waals surface area contributed by atoms with Gasteiger partial charge < -0.3 is 5.73 Å². The predicted octanol–water partition coefficient (Wildman–Crippen LogP) is 3.08. The molecule has 19 heavy (non-hydrogen) atoms. The van der Waals surface area contributed by atoms with Crippen LogP contribution in [0.25, 0.3) is 0 Å². The Balaban J connectivity index is 0.00000162. The molecule has 0 amide bonds. The van der Waals surface area contributed by atoms with Crippen molar-refractivity contribution < 1.29 is 13.2 Å². The smallest absolute Gasteiger partial charge is 0.326 e. The molecule has 110 valence electrons. The van der Waals surface area contributed by atoms with Gasteiger partial charge in [0.2, 0.25) is 0 Å². The van der Waals surface area contributed by atoms with E-state index < -0.39 is 11.7 Å². The molecule has 1 atom stereocenters. The molecule has 2 rings (SSSR count). The molecular weight excluding hydrogens is 300 g/mol. The van der Waals surface area contributed by atoms with Gasteiger partial charge in [-0.05, 0) is 24.1 Å². The van der Waals surface area contributed by atoms with Crippen LogP contribution in [0.5, 0.6) is 0 Å². The maximum Gasteiger partial charge on any atom is 0.416 e. The lowest BCUT2D eigenvalue weighted by atomic mass is 10.1. The number of nitrogens with zero attached hydrogens (tertiary/aromatic N) is 1. The largest absolute Gasteiger partial charge is 0.416 e. The zero-order valence-corrected chi connectivity index (χ0v) is 11.8. The number of hydrogen-bond acceptors (Lipinski definition) is 2. The number of benzene rings is 1. The van der Waals surface area contributed by atoms with Crippen LogP contribution in [-0.4, -0.2) is 24.0 Å². The van der Waals surface area contributed by atoms with Crippen molar-refractivity contribution in [2.75, 3.05) is 13.1 Å². The van der Waals surface area contributed by atoms with Gasteiger partial charge >= 0.3 is 6.18 Å². The van der Waals surface area contributed by atoms with Crippen LogP contribution in [-0.2, 0) is 12.7 Å². The Morgan fingerprint density at radius 1 is 1.16 bits per heavy atom. The highest BCUT2D eigenvalue weighted by atomic mass is 35.5. The molecule has 0 saturated carbocycles. The second-order valence-corrected chi connectivity index (χ2v) is 4.48. The van der Waals surface area contributed by atoms with Crippen molar-refractivity contribution in [1.29, 1.82) is 0 Å². The normalized spacial score (nSPS) is 19.7. The molecule has 7 heteroatoms. The first-order chi connectivity index (χ1) is 7.95. The lowest BCUT2D eigenvalue weighted by molar-refractivity contribution is -0.137. The van der Waals surface area contributed by atoms with Crippen molar-refractivity contribution in [3.05, 3.63) is 35.4 Å². The molecule has 1 aliphatic rings. The first-order valence-electron chi connectivity index (χ1n) is 5.59. The molecule has 0 aliphatic carbocycles. The van der Waals surface area contributed by atoms with Crippen LogP contribution in [0.15, 0.2) is 24.3 Å². The van der Waals surface area contributed by atoms with Crippen LogP contribution < -0.4 is 5.73 Å². The number of likely N-dealkylation sites (tertiary alicyclic amines) is 1. The average Bonchev–Trinajstić information content (AvgIpc) is 2.63. The lowest BCUT2D eigenvalue weighted by Gasteiger charge is -2.15. The van der Waals surface area contributed by atoms with Gasteiger partial charge in [0, 0.05) is 25.7 Å². The van der Waals surface area contributed by atoms with E-state index in [2.05, 4.69) is 4.90 Å². The van der Waals surface area contributed by atoms with Crippen LogP contribution in [0, 0.1) is 0 Å². The Morgan fingerprint density at radius 2 is 1.74 bits per heavy atom. The molecule has 0 radical (unpaired) electrons. The maximum absolute atomic E-state index is 12.3. The molecule has 1 fully saturated rings. The Morgan fingerprint density at radius 3 is 2.16 bits per heavy atom. The first-order valence-corrected chi connectivity index (χ1v) is 5.59. The van der Waals surface area contributed by atoms with Crippen LogP contribution in [0.2, 0.25) is 0 Å². The molecule has 0 spiro atoms. The third-order valence-electron chi connectivity index (χ3n) is 3.00. The summed E-state index contributed by atoms with van der Waals surface area (Å²) in [6.45, 7) is 2.41. The van der Waals surface area contributed by atoms with Crippen LogP contribution in [0.3, 0.4) is 0 Å². The van der Waals surface area contributed by atoms with Crippen molar-refractivity contribution in [2.24, 2.45) is 5.73 Å². The minimum absolute atomic E-state index is 0. The van der Waals surface area contributed by atoms with E-state index in [0.29, 0.717) is 6.54 Å². The highest BCUT2D eigenvalue weighted by molar-refractivity contribution is 5.85. The number of rotatable bonds is 2. The van der Waals surface area contributed by atoms with E-state index in [1.54, 1.807) is 0 Å². The molecule has 1 heterocycles. The Hall–Kier alpha value is -0.490. The van der Waals surface area contributed by atoms with E-state index in [-0.39, 0.29) is 30.9 Å². The molecule has 0 aromatic heterocycles. The summed E-state index contributed by atoms with van der Waals surface area (Å²) in [6, 6.07) is 5.53. The van der Waals surface area contributed by atoms with E-state index in [4.69, 9.17) is 5.73 Å². The van der Waals surface area contributed by atoms with Crippen molar-refractivity contribution in [1.82, 2.24) is 4.90 Å². The molecule has 1 unspecified atom stereocenters. The van der Waals surface area contributed by atoms with Crippen molar-refractivity contribution in [3.63, 3.8) is 0 Å². The molecular formula is C12H17Cl2F3N2. The fraction of sp³-hybridized carbons (Fsp3) is 0.500. The van der Waals surface area contributed by atoms with Crippen molar-refractivity contribution in [3.8, 4) is 0 Å². The van der Waals surface area contributed by atoms with Gasteiger partial charge in [0.05, 0.1) is 5.56 Å². The van der Waals surface area contributed by atoms with Gasteiger partial charge in [-0.25, -0.2) is 0 Å². The van der Waals surface area contributed by atoms with E-state index in [0.717, 1.165) is 37.2 Å². The summed E-state index contributed by atoms with van der Waals surface area (Å²) >= 11 is 0. The van der Waals surface area contributed by atoms with Gasteiger partial charge in [0.25, 0.3) is 0 Å². The average molecular weight is 317 g/mol. The fourth-order valence-corrected chi connectivity index (χ4v) is 2.06. The standard InChI is InChI=1S/C12H15F3N2.2ClH/c13-12(14,15)10-3-1-9(2-4-10)7-17-6-5-11(16)8-17;;/h1-4,11H,5-8,16H2;2*1H. The van der Waals surface area contributed by atoms with Gasteiger partial charge in [-0.1, -0.05) is 12.1 Å². The topological polar surface area (TPSA) is 29.3 Å². The summed E-state index contributed by atoms with van der Waals surface area (Å²) in [5.41, 5.74) is 6.07. The van der Waals surface area contributed by atoms with Gasteiger partial charge in [-0.2, -0.15) is 13.2 Å². The van der Waals surface area contributed by atoms with Gasteiger partial charge in [0.1, 0.15) is 0 Å². The van der Waals surface area contributed by atoms with Gasteiger partial charge in [-0.15, -0.1) is 24.8 Å². The Labute approximate surface area is 123 Å².